The summed E-state index contributed by atoms with van der Waals surface area (Å²) in [5, 5.41) is 2.08. The zero-order chi connectivity index (χ0) is 19.7. The Hall–Kier alpha value is -3.14. The molecule has 2 aromatic carbocycles. The van der Waals surface area contributed by atoms with Crippen LogP contribution in [0, 0.1) is 5.92 Å². The highest BCUT2D eigenvalue weighted by Gasteiger charge is 2.23. The molecule has 0 spiro atoms. The fraction of sp³-hybridized carbons (Fsp3) is 0.217. The summed E-state index contributed by atoms with van der Waals surface area (Å²) < 4.78 is 10.8. The number of esters is 2. The van der Waals surface area contributed by atoms with Gasteiger partial charge in [-0.2, -0.15) is 0 Å². The van der Waals surface area contributed by atoms with Crippen LogP contribution >= 0.6 is 0 Å². The summed E-state index contributed by atoms with van der Waals surface area (Å²) in [7, 11) is 0. The van der Waals surface area contributed by atoms with Crippen molar-refractivity contribution in [1.29, 1.82) is 0 Å². The van der Waals surface area contributed by atoms with Gasteiger partial charge in [-0.05, 0) is 60.4 Å². The third-order valence-electron chi connectivity index (χ3n) is 4.55. The average molecular weight is 362 g/mol. The lowest BCUT2D eigenvalue weighted by Gasteiger charge is -2.24. The first-order valence-corrected chi connectivity index (χ1v) is 8.79. The molecule has 0 bridgehead atoms. The zero-order valence-corrected chi connectivity index (χ0v) is 15.8. The van der Waals surface area contributed by atoms with Crippen LogP contribution < -0.4 is 4.74 Å². The highest BCUT2D eigenvalue weighted by molar-refractivity contribution is 5.93. The Labute approximate surface area is 158 Å². The molecule has 3 rings (SSSR count). The number of benzene rings is 2. The van der Waals surface area contributed by atoms with Gasteiger partial charge in [-0.3, -0.25) is 0 Å². The van der Waals surface area contributed by atoms with Crippen LogP contribution in [-0.2, 0) is 20.7 Å². The van der Waals surface area contributed by atoms with Crippen molar-refractivity contribution in [2.45, 2.75) is 27.2 Å². The maximum atomic E-state index is 11.8. The Kier molecular flexibility index (Phi) is 5.00. The molecular weight excluding hydrogens is 340 g/mol. The number of ether oxygens (including phenoxy) is 2. The summed E-state index contributed by atoms with van der Waals surface area (Å²) in [6, 6.07) is 9.55. The van der Waals surface area contributed by atoms with Crippen LogP contribution in [0.4, 0.5) is 0 Å². The van der Waals surface area contributed by atoms with Gasteiger partial charge in [0, 0.05) is 17.1 Å². The van der Waals surface area contributed by atoms with Crippen molar-refractivity contribution >= 4 is 28.8 Å². The molecular formula is C23H22O4. The first-order chi connectivity index (χ1) is 12.8. The highest BCUT2D eigenvalue weighted by atomic mass is 16.5. The van der Waals surface area contributed by atoms with Gasteiger partial charge in [0.2, 0.25) is 0 Å². The van der Waals surface area contributed by atoms with E-state index < -0.39 is 11.9 Å². The van der Waals surface area contributed by atoms with E-state index in [9.17, 15) is 9.59 Å². The molecule has 4 heteroatoms. The summed E-state index contributed by atoms with van der Waals surface area (Å²) >= 11 is 0. The number of hydrogen-bond donors (Lipinski definition) is 0. The predicted octanol–water partition coefficient (Wildman–Crippen LogP) is 4.97. The average Bonchev–Trinajstić information content (AvgIpc) is 2.62. The topological polar surface area (TPSA) is 52.6 Å². The van der Waals surface area contributed by atoms with Gasteiger partial charge in [-0.25, -0.2) is 9.59 Å². The first kappa shape index (κ1) is 18.6. The van der Waals surface area contributed by atoms with Crippen LogP contribution in [0.1, 0.15) is 31.9 Å². The van der Waals surface area contributed by atoms with Crippen molar-refractivity contribution < 1.29 is 19.1 Å². The van der Waals surface area contributed by atoms with Gasteiger partial charge in [0.25, 0.3) is 0 Å². The van der Waals surface area contributed by atoms with E-state index in [1.54, 1.807) is 19.9 Å². The van der Waals surface area contributed by atoms with Gasteiger partial charge in [-0.1, -0.05) is 38.3 Å². The number of allylic oxidation sites excluding steroid dienone is 1. The molecule has 0 fully saturated rings. The molecule has 2 aromatic rings. The van der Waals surface area contributed by atoms with Gasteiger partial charge in [0.1, 0.15) is 11.5 Å². The minimum absolute atomic E-state index is 0.0762. The molecule has 138 valence electrons. The molecule has 1 unspecified atom stereocenters. The minimum Gasteiger partial charge on any atom is -0.427 e. The van der Waals surface area contributed by atoms with Gasteiger partial charge < -0.3 is 9.47 Å². The summed E-state index contributed by atoms with van der Waals surface area (Å²) in [6.07, 6.45) is 2.67. The summed E-state index contributed by atoms with van der Waals surface area (Å²) in [6.45, 7) is 12.5. The van der Waals surface area contributed by atoms with Gasteiger partial charge in [0.15, 0.2) is 0 Å². The van der Waals surface area contributed by atoms with Crippen LogP contribution in [0.15, 0.2) is 60.4 Å². The number of fused-ring (bicyclic) bond motifs is 3. The Morgan fingerprint density at radius 1 is 1.00 bits per heavy atom. The number of carbonyl (C=O) groups is 2. The predicted molar refractivity (Wildman–Crippen MR) is 106 cm³/mol. The molecule has 1 aliphatic carbocycles. The smallest absolute Gasteiger partial charge is 0.338 e. The quantitative estimate of drug-likeness (QED) is 0.438. The molecule has 0 N–H and O–H groups in total. The SMILES string of the molecule is C=C(C)C(=O)OC1=Cc2ccc3cc(OC(=O)C(=C)C)ccc3c2CC1C. The van der Waals surface area contributed by atoms with Crippen molar-refractivity contribution in [2.24, 2.45) is 5.92 Å². The van der Waals surface area contributed by atoms with E-state index in [4.69, 9.17) is 9.47 Å². The molecule has 0 radical (unpaired) electrons. The standard InChI is InChI=1S/C23H22O4/c1-13(2)22(24)26-18-8-9-19-16(11-18)6-7-17-12-21(15(5)10-20(17)19)27-23(25)14(3)4/h6-9,11-12,15H,1,3,10H2,2,4-5H3. The Morgan fingerprint density at radius 3 is 2.33 bits per heavy atom. The zero-order valence-electron chi connectivity index (χ0n) is 15.8. The van der Waals surface area contributed by atoms with Crippen LogP contribution in [0.5, 0.6) is 5.75 Å². The van der Waals surface area contributed by atoms with Crippen LogP contribution in [0.25, 0.3) is 16.8 Å². The maximum absolute atomic E-state index is 11.8. The van der Waals surface area contributed by atoms with Crippen molar-refractivity contribution in [2.75, 3.05) is 0 Å². The third-order valence-corrected chi connectivity index (χ3v) is 4.55. The molecule has 0 aromatic heterocycles. The Bertz CT molecular complexity index is 1010. The molecule has 0 amide bonds. The van der Waals surface area contributed by atoms with Gasteiger partial charge in [-0.15, -0.1) is 0 Å². The summed E-state index contributed by atoms with van der Waals surface area (Å²) in [5.41, 5.74) is 2.95. The lowest BCUT2D eigenvalue weighted by Crippen LogP contribution is -2.16. The molecule has 1 aliphatic rings. The van der Waals surface area contributed by atoms with Gasteiger partial charge >= 0.3 is 11.9 Å². The molecule has 0 saturated carbocycles. The van der Waals surface area contributed by atoms with Crippen LogP contribution in [0.3, 0.4) is 0 Å². The van der Waals surface area contributed by atoms with Crippen LogP contribution in [0.2, 0.25) is 0 Å². The van der Waals surface area contributed by atoms with Crippen molar-refractivity contribution in [3.8, 4) is 5.75 Å². The summed E-state index contributed by atoms with van der Waals surface area (Å²) in [5.74, 6) is 0.384. The monoisotopic (exact) mass is 362 g/mol. The van der Waals surface area contributed by atoms with Crippen molar-refractivity contribution in [3.63, 3.8) is 0 Å². The molecule has 0 saturated heterocycles. The van der Waals surface area contributed by atoms with E-state index in [2.05, 4.69) is 13.2 Å². The number of carbonyl (C=O) groups excluding carboxylic acids is 2. The van der Waals surface area contributed by atoms with E-state index in [0.29, 0.717) is 22.7 Å². The van der Waals surface area contributed by atoms with E-state index in [-0.39, 0.29) is 5.92 Å². The lowest BCUT2D eigenvalue weighted by molar-refractivity contribution is -0.135. The van der Waals surface area contributed by atoms with E-state index in [1.165, 1.54) is 5.56 Å². The fourth-order valence-corrected chi connectivity index (χ4v) is 3.04. The fourth-order valence-electron chi connectivity index (χ4n) is 3.04. The number of hydrogen-bond acceptors (Lipinski definition) is 4. The molecule has 4 nitrogen and oxygen atoms in total. The molecule has 0 heterocycles. The van der Waals surface area contributed by atoms with Crippen LogP contribution in [-0.4, -0.2) is 11.9 Å². The molecule has 27 heavy (non-hydrogen) atoms. The third kappa shape index (κ3) is 3.85. The maximum Gasteiger partial charge on any atom is 0.338 e. The largest absolute Gasteiger partial charge is 0.427 e. The van der Waals surface area contributed by atoms with Gasteiger partial charge in [0.05, 0.1) is 0 Å². The second kappa shape index (κ2) is 7.23. The minimum atomic E-state index is -0.437. The number of rotatable bonds is 4. The normalized spacial score (nSPS) is 15.5. The van der Waals surface area contributed by atoms with Crippen molar-refractivity contribution in [1.82, 2.24) is 0 Å². The van der Waals surface area contributed by atoms with Crippen molar-refractivity contribution in [3.05, 3.63) is 71.5 Å². The summed E-state index contributed by atoms with van der Waals surface area (Å²) in [4.78, 5) is 23.6. The van der Waals surface area contributed by atoms with E-state index in [0.717, 1.165) is 22.8 Å². The first-order valence-electron chi connectivity index (χ1n) is 8.79. The van der Waals surface area contributed by atoms with E-state index in [1.807, 2.05) is 37.3 Å². The molecule has 0 aliphatic heterocycles. The second-order valence-corrected chi connectivity index (χ2v) is 7.01. The second-order valence-electron chi connectivity index (χ2n) is 7.01. The highest BCUT2D eigenvalue weighted by Crippen LogP contribution is 2.35. The van der Waals surface area contributed by atoms with E-state index >= 15 is 0 Å². The molecule has 1 atom stereocenters. The lowest BCUT2D eigenvalue weighted by atomic mass is 9.86. The Morgan fingerprint density at radius 2 is 1.67 bits per heavy atom. The Balaban J connectivity index is 1.96.